The molecule has 0 spiro atoms. The van der Waals surface area contributed by atoms with Gasteiger partial charge in [0.25, 0.3) is 0 Å². The van der Waals surface area contributed by atoms with Crippen molar-refractivity contribution in [1.82, 2.24) is 9.59 Å². The Balaban J connectivity index is 2.23. The SMILES string of the molecule is CC(C)c1nnsc1C(=O)Cc1ccc(Cl)cc1F. The minimum atomic E-state index is -0.468. The molecule has 0 bridgehead atoms. The molecule has 0 saturated carbocycles. The highest BCUT2D eigenvalue weighted by atomic mass is 35.5. The van der Waals surface area contributed by atoms with Crippen molar-refractivity contribution in [1.29, 1.82) is 0 Å². The van der Waals surface area contributed by atoms with Crippen LogP contribution in [0.1, 0.15) is 40.7 Å². The maximum atomic E-state index is 13.6. The molecule has 0 fully saturated rings. The van der Waals surface area contributed by atoms with Crippen molar-refractivity contribution in [3.63, 3.8) is 0 Å². The molecule has 0 aliphatic carbocycles. The Kier molecular flexibility index (Phi) is 4.27. The first kappa shape index (κ1) is 14.1. The largest absolute Gasteiger partial charge is 0.293 e. The molecule has 0 atom stereocenters. The highest BCUT2D eigenvalue weighted by Crippen LogP contribution is 2.23. The third kappa shape index (κ3) is 3.16. The van der Waals surface area contributed by atoms with Crippen molar-refractivity contribution in [2.24, 2.45) is 0 Å². The summed E-state index contributed by atoms with van der Waals surface area (Å²) in [6.45, 7) is 3.88. The number of carbonyl (C=O) groups excluding carboxylic acids is 1. The lowest BCUT2D eigenvalue weighted by atomic mass is 10.0. The Bertz CT molecular complexity index is 612. The minimum Gasteiger partial charge on any atom is -0.293 e. The Morgan fingerprint density at radius 2 is 2.21 bits per heavy atom. The summed E-state index contributed by atoms with van der Waals surface area (Å²) in [4.78, 5) is 12.7. The van der Waals surface area contributed by atoms with E-state index in [9.17, 15) is 9.18 Å². The summed E-state index contributed by atoms with van der Waals surface area (Å²) in [5.74, 6) is -0.517. The van der Waals surface area contributed by atoms with E-state index in [2.05, 4.69) is 9.59 Å². The number of hydrogen-bond acceptors (Lipinski definition) is 4. The van der Waals surface area contributed by atoms with Gasteiger partial charge in [0.1, 0.15) is 10.7 Å². The van der Waals surface area contributed by atoms with Crippen LogP contribution in [-0.2, 0) is 6.42 Å². The molecule has 0 N–H and O–H groups in total. The number of hydrogen-bond donors (Lipinski definition) is 0. The second-order valence-electron chi connectivity index (χ2n) is 4.48. The molecule has 3 nitrogen and oxygen atoms in total. The summed E-state index contributed by atoms with van der Waals surface area (Å²) in [5, 5.41) is 4.26. The number of halogens is 2. The molecule has 1 heterocycles. The standard InChI is InChI=1S/C13H12ClFN2OS/c1-7(2)12-13(19-17-16-12)11(18)5-8-3-4-9(14)6-10(8)15/h3-4,6-7H,5H2,1-2H3. The van der Waals surface area contributed by atoms with Crippen molar-refractivity contribution >= 4 is 28.9 Å². The van der Waals surface area contributed by atoms with E-state index in [4.69, 9.17) is 11.6 Å². The Morgan fingerprint density at radius 3 is 2.84 bits per heavy atom. The Morgan fingerprint density at radius 1 is 1.47 bits per heavy atom. The first-order valence-electron chi connectivity index (χ1n) is 5.78. The lowest BCUT2D eigenvalue weighted by Crippen LogP contribution is -2.07. The molecule has 0 radical (unpaired) electrons. The maximum Gasteiger partial charge on any atom is 0.180 e. The summed E-state index contributed by atoms with van der Waals surface area (Å²) in [6.07, 6.45) is -0.00735. The van der Waals surface area contributed by atoms with Crippen molar-refractivity contribution < 1.29 is 9.18 Å². The number of nitrogens with zero attached hydrogens (tertiary/aromatic N) is 2. The molecule has 1 aromatic carbocycles. The molecular weight excluding hydrogens is 287 g/mol. The van der Waals surface area contributed by atoms with E-state index < -0.39 is 5.82 Å². The van der Waals surface area contributed by atoms with Gasteiger partial charge in [0.15, 0.2) is 5.78 Å². The van der Waals surface area contributed by atoms with Crippen LogP contribution in [0.4, 0.5) is 4.39 Å². The van der Waals surface area contributed by atoms with Crippen LogP contribution in [0, 0.1) is 5.82 Å². The van der Waals surface area contributed by atoms with Crippen molar-refractivity contribution in [3.05, 3.63) is 45.2 Å². The van der Waals surface area contributed by atoms with Gasteiger partial charge < -0.3 is 0 Å². The number of ketones is 1. The van der Waals surface area contributed by atoms with E-state index in [0.717, 1.165) is 11.5 Å². The molecule has 0 unspecified atom stereocenters. The molecular formula is C13H12ClFN2OS. The first-order chi connectivity index (χ1) is 8.99. The van der Waals surface area contributed by atoms with Gasteiger partial charge in [0, 0.05) is 11.4 Å². The molecule has 19 heavy (non-hydrogen) atoms. The molecule has 2 rings (SSSR count). The van der Waals surface area contributed by atoms with Crippen molar-refractivity contribution in [3.8, 4) is 0 Å². The minimum absolute atomic E-state index is 0.00735. The van der Waals surface area contributed by atoms with Crippen molar-refractivity contribution in [2.45, 2.75) is 26.2 Å². The predicted octanol–water partition coefficient (Wildman–Crippen LogP) is 3.88. The smallest absolute Gasteiger partial charge is 0.180 e. The van der Waals surface area contributed by atoms with E-state index in [1.165, 1.54) is 12.1 Å². The van der Waals surface area contributed by atoms with E-state index >= 15 is 0 Å². The van der Waals surface area contributed by atoms with Gasteiger partial charge in [-0.15, -0.1) is 5.10 Å². The molecule has 2 aromatic rings. The number of benzene rings is 1. The number of rotatable bonds is 4. The average Bonchev–Trinajstić information content (AvgIpc) is 2.82. The fourth-order valence-corrected chi connectivity index (χ4v) is 2.60. The zero-order chi connectivity index (χ0) is 14.0. The van der Waals surface area contributed by atoms with Gasteiger partial charge in [-0.2, -0.15) is 0 Å². The van der Waals surface area contributed by atoms with Crippen LogP contribution in [-0.4, -0.2) is 15.4 Å². The summed E-state index contributed by atoms with van der Waals surface area (Å²) < 4.78 is 17.4. The summed E-state index contributed by atoms with van der Waals surface area (Å²) >= 11 is 6.73. The van der Waals surface area contributed by atoms with Crippen molar-refractivity contribution in [2.75, 3.05) is 0 Å². The van der Waals surface area contributed by atoms with Crippen LogP contribution in [0.2, 0.25) is 5.02 Å². The highest BCUT2D eigenvalue weighted by Gasteiger charge is 2.19. The summed E-state index contributed by atoms with van der Waals surface area (Å²) in [5.41, 5.74) is 1.00. The monoisotopic (exact) mass is 298 g/mol. The fourth-order valence-electron chi connectivity index (χ4n) is 1.69. The second kappa shape index (κ2) is 5.75. The van der Waals surface area contributed by atoms with Gasteiger partial charge in [-0.3, -0.25) is 4.79 Å². The average molecular weight is 299 g/mol. The molecule has 0 saturated heterocycles. The molecule has 0 amide bonds. The normalized spacial score (nSPS) is 11.0. The van der Waals surface area contributed by atoms with Gasteiger partial charge in [0.2, 0.25) is 0 Å². The molecule has 0 aliphatic heterocycles. The van der Waals surface area contributed by atoms with Crippen LogP contribution in [0.3, 0.4) is 0 Å². The Labute approximate surface area is 119 Å². The zero-order valence-electron chi connectivity index (χ0n) is 10.5. The van der Waals surface area contributed by atoms with E-state index in [-0.39, 0.29) is 18.1 Å². The third-order valence-corrected chi connectivity index (χ3v) is 3.70. The second-order valence-corrected chi connectivity index (χ2v) is 5.67. The van der Waals surface area contributed by atoms with Gasteiger partial charge in [0.05, 0.1) is 5.69 Å². The van der Waals surface area contributed by atoms with E-state index in [0.29, 0.717) is 21.2 Å². The third-order valence-electron chi connectivity index (χ3n) is 2.68. The number of Topliss-reactive ketones (excluding diaryl/α,β-unsaturated/α-hetero) is 1. The van der Waals surface area contributed by atoms with Gasteiger partial charge in [-0.1, -0.05) is 36.0 Å². The lowest BCUT2D eigenvalue weighted by molar-refractivity contribution is 0.0994. The fraction of sp³-hybridized carbons (Fsp3) is 0.308. The summed E-state index contributed by atoms with van der Waals surface area (Å²) in [7, 11) is 0. The van der Waals surface area contributed by atoms with Crippen LogP contribution >= 0.6 is 23.1 Å². The molecule has 100 valence electrons. The van der Waals surface area contributed by atoms with Crippen LogP contribution in [0.5, 0.6) is 0 Å². The van der Waals surface area contributed by atoms with Gasteiger partial charge >= 0.3 is 0 Å². The summed E-state index contributed by atoms with van der Waals surface area (Å²) in [6, 6.07) is 4.30. The van der Waals surface area contributed by atoms with Gasteiger partial charge in [-0.05, 0) is 35.1 Å². The Hall–Kier alpha value is -1.33. The van der Waals surface area contributed by atoms with Crippen LogP contribution in [0.15, 0.2) is 18.2 Å². The van der Waals surface area contributed by atoms with Crippen LogP contribution in [0.25, 0.3) is 0 Å². The lowest BCUT2D eigenvalue weighted by Gasteiger charge is -2.04. The number of aromatic nitrogens is 2. The molecule has 6 heteroatoms. The van der Waals surface area contributed by atoms with E-state index in [1.54, 1.807) is 6.07 Å². The predicted molar refractivity (Wildman–Crippen MR) is 73.4 cm³/mol. The van der Waals surface area contributed by atoms with Crippen LogP contribution < -0.4 is 0 Å². The van der Waals surface area contributed by atoms with E-state index in [1.807, 2.05) is 13.8 Å². The quantitative estimate of drug-likeness (QED) is 0.805. The zero-order valence-corrected chi connectivity index (χ0v) is 12.1. The topological polar surface area (TPSA) is 42.9 Å². The highest BCUT2D eigenvalue weighted by molar-refractivity contribution is 7.08. The number of carbonyl (C=O) groups is 1. The first-order valence-corrected chi connectivity index (χ1v) is 6.93. The molecule has 1 aromatic heterocycles. The maximum absolute atomic E-state index is 13.6. The van der Waals surface area contributed by atoms with Gasteiger partial charge in [-0.25, -0.2) is 4.39 Å². The molecule has 0 aliphatic rings.